The maximum atomic E-state index is 11.4. The number of hydrogen-bond acceptors (Lipinski definition) is 2. The van der Waals surface area contributed by atoms with Gasteiger partial charge >= 0.3 is 0 Å². The Morgan fingerprint density at radius 1 is 1.62 bits per heavy atom. The third-order valence-corrected chi connectivity index (χ3v) is 3.07. The van der Waals surface area contributed by atoms with Crippen molar-refractivity contribution < 1.29 is 4.79 Å². The first-order valence-electron chi connectivity index (χ1n) is 3.73. The zero-order valence-electron chi connectivity index (χ0n) is 7.09. The van der Waals surface area contributed by atoms with Gasteiger partial charge in [-0.15, -0.1) is 22.9 Å². The summed E-state index contributed by atoms with van der Waals surface area (Å²) >= 11 is 12.6. The van der Waals surface area contributed by atoms with Gasteiger partial charge in [0.25, 0.3) is 0 Å². The van der Waals surface area contributed by atoms with Gasteiger partial charge in [0, 0.05) is 19.3 Å². The Kier molecular flexibility index (Phi) is 4.03. The fourth-order valence-corrected chi connectivity index (χ4v) is 2.03. The van der Waals surface area contributed by atoms with Crippen LogP contribution in [0.3, 0.4) is 0 Å². The van der Waals surface area contributed by atoms with E-state index in [1.54, 1.807) is 18.0 Å². The molecule has 13 heavy (non-hydrogen) atoms. The topological polar surface area (TPSA) is 20.3 Å². The average molecular weight is 238 g/mol. The predicted molar refractivity (Wildman–Crippen MR) is 58.1 cm³/mol. The van der Waals surface area contributed by atoms with Crippen molar-refractivity contribution in [2.24, 2.45) is 0 Å². The molecule has 1 aromatic rings. The standard InChI is InChI=1S/C8H9Cl2NOS/c1-11(7(12)4-5-9)8-3-2-6(10)13-8/h2-3H,4-5H2,1H3. The summed E-state index contributed by atoms with van der Waals surface area (Å²) in [4.78, 5) is 12.9. The molecule has 0 spiro atoms. The number of hydrogen-bond donors (Lipinski definition) is 0. The molecule has 0 unspecified atom stereocenters. The van der Waals surface area contributed by atoms with E-state index in [9.17, 15) is 4.79 Å². The number of nitrogens with zero attached hydrogens (tertiary/aromatic N) is 1. The molecule has 72 valence electrons. The summed E-state index contributed by atoms with van der Waals surface area (Å²) in [6.07, 6.45) is 0.355. The Morgan fingerprint density at radius 2 is 2.31 bits per heavy atom. The zero-order valence-corrected chi connectivity index (χ0v) is 9.42. The van der Waals surface area contributed by atoms with E-state index in [1.807, 2.05) is 6.07 Å². The molecule has 0 N–H and O–H groups in total. The average Bonchev–Trinajstić information content (AvgIpc) is 2.51. The van der Waals surface area contributed by atoms with Gasteiger partial charge in [-0.25, -0.2) is 0 Å². The third kappa shape index (κ3) is 2.86. The maximum absolute atomic E-state index is 11.4. The molecule has 0 aromatic carbocycles. The van der Waals surface area contributed by atoms with Crippen LogP contribution < -0.4 is 4.90 Å². The van der Waals surface area contributed by atoms with E-state index < -0.39 is 0 Å². The molecule has 1 amide bonds. The first kappa shape index (κ1) is 10.8. The molecule has 0 atom stereocenters. The second-order valence-electron chi connectivity index (χ2n) is 2.47. The molecule has 0 radical (unpaired) electrons. The molecular formula is C8H9Cl2NOS. The van der Waals surface area contributed by atoms with Gasteiger partial charge in [0.15, 0.2) is 0 Å². The van der Waals surface area contributed by atoms with Crippen LogP contribution in [0.25, 0.3) is 0 Å². The van der Waals surface area contributed by atoms with Crippen LogP contribution in [0.1, 0.15) is 6.42 Å². The lowest BCUT2D eigenvalue weighted by molar-refractivity contribution is -0.117. The summed E-state index contributed by atoms with van der Waals surface area (Å²) in [5, 5.41) is 0.847. The van der Waals surface area contributed by atoms with Crippen LogP contribution >= 0.6 is 34.5 Å². The fraction of sp³-hybridized carbons (Fsp3) is 0.375. The number of halogens is 2. The van der Waals surface area contributed by atoms with E-state index >= 15 is 0 Å². The first-order valence-corrected chi connectivity index (χ1v) is 5.46. The molecule has 0 saturated carbocycles. The van der Waals surface area contributed by atoms with Gasteiger partial charge in [0.2, 0.25) is 5.91 Å². The molecule has 0 aliphatic carbocycles. The number of carbonyl (C=O) groups is 1. The van der Waals surface area contributed by atoms with Crippen LogP contribution in [0.15, 0.2) is 12.1 Å². The van der Waals surface area contributed by atoms with E-state index in [0.29, 0.717) is 16.6 Å². The van der Waals surface area contributed by atoms with Gasteiger partial charge < -0.3 is 4.90 Å². The summed E-state index contributed by atoms with van der Waals surface area (Å²) < 4.78 is 0.681. The largest absolute Gasteiger partial charge is 0.307 e. The minimum atomic E-state index is 0.00789. The molecular weight excluding hydrogens is 229 g/mol. The van der Waals surface area contributed by atoms with Crippen molar-refractivity contribution in [1.29, 1.82) is 0 Å². The maximum Gasteiger partial charge on any atom is 0.228 e. The van der Waals surface area contributed by atoms with Gasteiger partial charge in [-0.2, -0.15) is 0 Å². The second-order valence-corrected chi connectivity index (χ2v) is 4.54. The summed E-state index contributed by atoms with van der Waals surface area (Å²) in [5.41, 5.74) is 0. The molecule has 0 saturated heterocycles. The fourth-order valence-electron chi connectivity index (χ4n) is 0.856. The van der Waals surface area contributed by atoms with Gasteiger partial charge in [-0.05, 0) is 12.1 Å². The van der Waals surface area contributed by atoms with Crippen molar-refractivity contribution in [3.8, 4) is 0 Å². The minimum absolute atomic E-state index is 0.00789. The lowest BCUT2D eigenvalue weighted by Crippen LogP contribution is -2.25. The monoisotopic (exact) mass is 237 g/mol. The molecule has 0 aliphatic heterocycles. The quantitative estimate of drug-likeness (QED) is 0.741. The van der Waals surface area contributed by atoms with Gasteiger partial charge in [-0.3, -0.25) is 4.79 Å². The summed E-state index contributed by atoms with van der Waals surface area (Å²) in [6.45, 7) is 0. The number of anilines is 1. The van der Waals surface area contributed by atoms with E-state index in [0.717, 1.165) is 5.00 Å². The Balaban J connectivity index is 2.67. The molecule has 0 fully saturated rings. The predicted octanol–water partition coefficient (Wildman–Crippen LogP) is 2.99. The van der Waals surface area contributed by atoms with Crippen LogP contribution in [-0.4, -0.2) is 18.8 Å². The number of thiophene rings is 1. The van der Waals surface area contributed by atoms with Crippen molar-refractivity contribution in [1.82, 2.24) is 0 Å². The zero-order chi connectivity index (χ0) is 9.84. The molecule has 5 heteroatoms. The normalized spacial score (nSPS) is 10.1. The lowest BCUT2D eigenvalue weighted by atomic mass is 10.4. The van der Waals surface area contributed by atoms with E-state index in [2.05, 4.69) is 0 Å². The Bertz CT molecular complexity index is 300. The molecule has 1 rings (SSSR count). The summed E-state index contributed by atoms with van der Waals surface area (Å²) in [6, 6.07) is 3.59. The van der Waals surface area contributed by atoms with Gasteiger partial charge in [-0.1, -0.05) is 11.6 Å². The summed E-state index contributed by atoms with van der Waals surface area (Å²) in [7, 11) is 1.72. The van der Waals surface area contributed by atoms with Crippen LogP contribution in [-0.2, 0) is 4.79 Å². The van der Waals surface area contributed by atoms with Crippen molar-refractivity contribution in [3.05, 3.63) is 16.5 Å². The second kappa shape index (κ2) is 4.84. The Morgan fingerprint density at radius 3 is 2.77 bits per heavy atom. The van der Waals surface area contributed by atoms with Gasteiger partial charge in [0.1, 0.15) is 0 Å². The minimum Gasteiger partial charge on any atom is -0.307 e. The lowest BCUT2D eigenvalue weighted by Gasteiger charge is -2.13. The van der Waals surface area contributed by atoms with Crippen LogP contribution in [0, 0.1) is 0 Å². The number of amides is 1. The number of rotatable bonds is 3. The smallest absolute Gasteiger partial charge is 0.228 e. The van der Waals surface area contributed by atoms with Crippen molar-refractivity contribution in [3.63, 3.8) is 0 Å². The third-order valence-electron chi connectivity index (χ3n) is 1.57. The van der Waals surface area contributed by atoms with E-state index in [-0.39, 0.29) is 5.91 Å². The number of alkyl halides is 1. The molecule has 0 aliphatic rings. The first-order chi connectivity index (χ1) is 6.15. The molecule has 1 aromatic heterocycles. The van der Waals surface area contributed by atoms with Crippen molar-refractivity contribution in [2.75, 3.05) is 17.8 Å². The molecule has 0 bridgehead atoms. The Labute approximate surface area is 91.1 Å². The number of carbonyl (C=O) groups excluding carboxylic acids is 1. The Hall–Kier alpha value is -0.250. The van der Waals surface area contributed by atoms with E-state index in [4.69, 9.17) is 23.2 Å². The van der Waals surface area contributed by atoms with Crippen molar-refractivity contribution in [2.45, 2.75) is 6.42 Å². The van der Waals surface area contributed by atoms with Gasteiger partial charge in [0.05, 0.1) is 9.34 Å². The SMILES string of the molecule is CN(C(=O)CCCl)c1ccc(Cl)s1. The highest BCUT2D eigenvalue weighted by molar-refractivity contribution is 7.20. The van der Waals surface area contributed by atoms with Crippen molar-refractivity contribution >= 4 is 45.4 Å². The molecule has 1 heterocycles. The highest BCUT2D eigenvalue weighted by Crippen LogP contribution is 2.28. The highest BCUT2D eigenvalue weighted by atomic mass is 35.5. The van der Waals surface area contributed by atoms with Crippen LogP contribution in [0.2, 0.25) is 4.34 Å². The summed E-state index contributed by atoms with van der Waals surface area (Å²) in [5.74, 6) is 0.357. The van der Waals surface area contributed by atoms with Crippen LogP contribution in [0.5, 0.6) is 0 Å². The molecule has 2 nitrogen and oxygen atoms in total. The van der Waals surface area contributed by atoms with E-state index in [1.165, 1.54) is 11.3 Å². The van der Waals surface area contributed by atoms with Crippen LogP contribution in [0.4, 0.5) is 5.00 Å². The highest BCUT2D eigenvalue weighted by Gasteiger charge is 2.11.